The second-order valence-corrected chi connectivity index (χ2v) is 7.58. The van der Waals surface area contributed by atoms with Crippen LogP contribution in [0.4, 0.5) is 0 Å². The number of amides is 2. The van der Waals surface area contributed by atoms with E-state index in [1.54, 1.807) is 30.0 Å². The fourth-order valence-electron chi connectivity index (χ4n) is 2.86. The minimum atomic E-state index is -0.606. The van der Waals surface area contributed by atoms with E-state index in [0.29, 0.717) is 23.1 Å². The molecule has 2 aromatic rings. The molecule has 6 heteroatoms. The molecule has 0 unspecified atom stereocenters. The molecule has 0 aromatic heterocycles. The lowest BCUT2D eigenvalue weighted by atomic mass is 10.1. The molecule has 0 bridgehead atoms. The SMILES string of the molecule is CCCCNC(=O)[C@H](C)N(Cc1cccc(Cl)c1)C(=O)Cc1ccccc1Cl. The van der Waals surface area contributed by atoms with Crippen molar-refractivity contribution in [1.29, 1.82) is 0 Å². The van der Waals surface area contributed by atoms with Gasteiger partial charge in [0.1, 0.15) is 6.04 Å². The number of rotatable bonds is 9. The molecule has 1 atom stereocenters. The molecule has 4 nitrogen and oxygen atoms in total. The molecular formula is C22H26Cl2N2O2. The molecule has 0 saturated heterocycles. The van der Waals surface area contributed by atoms with Gasteiger partial charge in [0.25, 0.3) is 0 Å². The van der Waals surface area contributed by atoms with Crippen molar-refractivity contribution in [3.8, 4) is 0 Å². The van der Waals surface area contributed by atoms with Crippen LogP contribution in [0.1, 0.15) is 37.8 Å². The topological polar surface area (TPSA) is 49.4 Å². The van der Waals surface area contributed by atoms with E-state index in [0.717, 1.165) is 24.0 Å². The van der Waals surface area contributed by atoms with Crippen LogP contribution in [-0.4, -0.2) is 29.3 Å². The molecule has 28 heavy (non-hydrogen) atoms. The summed E-state index contributed by atoms with van der Waals surface area (Å²) in [6, 6.07) is 14.0. The molecule has 2 aromatic carbocycles. The van der Waals surface area contributed by atoms with Crippen LogP contribution in [0.3, 0.4) is 0 Å². The molecule has 2 rings (SSSR count). The lowest BCUT2D eigenvalue weighted by molar-refractivity contribution is -0.140. The smallest absolute Gasteiger partial charge is 0.242 e. The molecule has 0 aliphatic heterocycles. The van der Waals surface area contributed by atoms with Gasteiger partial charge in [-0.1, -0.05) is 66.9 Å². The van der Waals surface area contributed by atoms with Crippen LogP contribution < -0.4 is 5.32 Å². The Kier molecular flexibility index (Phi) is 8.81. The highest BCUT2D eigenvalue weighted by atomic mass is 35.5. The second-order valence-electron chi connectivity index (χ2n) is 6.74. The Bertz CT molecular complexity index is 811. The minimum absolute atomic E-state index is 0.132. The van der Waals surface area contributed by atoms with E-state index in [9.17, 15) is 9.59 Å². The van der Waals surface area contributed by atoms with Gasteiger partial charge >= 0.3 is 0 Å². The normalized spacial score (nSPS) is 11.7. The van der Waals surface area contributed by atoms with Crippen molar-refractivity contribution in [2.24, 2.45) is 0 Å². The first kappa shape index (κ1) is 22.3. The summed E-state index contributed by atoms with van der Waals surface area (Å²) in [5.74, 6) is -0.325. The van der Waals surface area contributed by atoms with Gasteiger partial charge in [-0.15, -0.1) is 0 Å². The van der Waals surface area contributed by atoms with Gasteiger partial charge in [0.2, 0.25) is 11.8 Å². The molecule has 0 fully saturated rings. The maximum absolute atomic E-state index is 13.1. The molecule has 0 spiro atoms. The summed E-state index contributed by atoms with van der Waals surface area (Å²) in [4.78, 5) is 27.2. The van der Waals surface area contributed by atoms with Gasteiger partial charge in [-0.25, -0.2) is 0 Å². The van der Waals surface area contributed by atoms with Gasteiger partial charge in [-0.05, 0) is 42.7 Å². The van der Waals surface area contributed by atoms with Gasteiger partial charge in [0.05, 0.1) is 6.42 Å². The fraction of sp³-hybridized carbons (Fsp3) is 0.364. The van der Waals surface area contributed by atoms with E-state index in [2.05, 4.69) is 12.2 Å². The highest BCUT2D eigenvalue weighted by Crippen LogP contribution is 2.19. The number of benzene rings is 2. The lowest BCUT2D eigenvalue weighted by Gasteiger charge is -2.29. The zero-order valence-corrected chi connectivity index (χ0v) is 17.8. The number of nitrogens with zero attached hydrogens (tertiary/aromatic N) is 1. The standard InChI is InChI=1S/C22H26Cl2N2O2/c1-3-4-12-25-22(28)16(2)26(15-17-8-7-10-19(23)13-17)21(27)14-18-9-5-6-11-20(18)24/h5-11,13,16H,3-4,12,14-15H2,1-2H3,(H,25,28)/t16-/m0/s1. The van der Waals surface area contributed by atoms with Crippen LogP contribution >= 0.6 is 23.2 Å². The zero-order valence-electron chi connectivity index (χ0n) is 16.3. The zero-order chi connectivity index (χ0) is 20.5. The number of carbonyl (C=O) groups is 2. The highest BCUT2D eigenvalue weighted by Gasteiger charge is 2.26. The van der Waals surface area contributed by atoms with Crippen molar-refractivity contribution in [3.63, 3.8) is 0 Å². The van der Waals surface area contributed by atoms with E-state index in [4.69, 9.17) is 23.2 Å². The van der Waals surface area contributed by atoms with Gasteiger partial charge < -0.3 is 10.2 Å². The minimum Gasteiger partial charge on any atom is -0.354 e. The number of nitrogens with one attached hydrogen (secondary N) is 1. The van der Waals surface area contributed by atoms with Crippen LogP contribution in [0, 0.1) is 0 Å². The first-order valence-electron chi connectivity index (χ1n) is 9.47. The third kappa shape index (κ3) is 6.54. The number of hydrogen-bond donors (Lipinski definition) is 1. The first-order valence-corrected chi connectivity index (χ1v) is 10.2. The van der Waals surface area contributed by atoms with E-state index in [-0.39, 0.29) is 18.2 Å². The molecule has 0 aliphatic carbocycles. The molecule has 0 heterocycles. The summed E-state index contributed by atoms with van der Waals surface area (Å²) >= 11 is 12.3. The van der Waals surface area contributed by atoms with E-state index in [1.807, 2.05) is 30.3 Å². The highest BCUT2D eigenvalue weighted by molar-refractivity contribution is 6.31. The number of hydrogen-bond acceptors (Lipinski definition) is 2. The summed E-state index contributed by atoms with van der Waals surface area (Å²) < 4.78 is 0. The van der Waals surface area contributed by atoms with E-state index < -0.39 is 6.04 Å². The Hall–Kier alpha value is -2.04. The Morgan fingerprint density at radius 2 is 1.86 bits per heavy atom. The quantitative estimate of drug-likeness (QED) is 0.588. The molecular weight excluding hydrogens is 395 g/mol. The van der Waals surface area contributed by atoms with Crippen LogP contribution in [-0.2, 0) is 22.6 Å². The van der Waals surface area contributed by atoms with Gasteiger partial charge in [0.15, 0.2) is 0 Å². The fourth-order valence-corrected chi connectivity index (χ4v) is 3.27. The van der Waals surface area contributed by atoms with Crippen molar-refractivity contribution in [2.75, 3.05) is 6.54 Å². The van der Waals surface area contributed by atoms with Gasteiger partial charge in [-0.2, -0.15) is 0 Å². The molecule has 150 valence electrons. The predicted molar refractivity (Wildman–Crippen MR) is 115 cm³/mol. The third-order valence-electron chi connectivity index (χ3n) is 4.54. The van der Waals surface area contributed by atoms with Crippen LogP contribution in [0.15, 0.2) is 48.5 Å². The second kappa shape index (κ2) is 11.1. The Labute approximate surface area is 176 Å². The first-order chi connectivity index (χ1) is 13.4. The molecule has 0 radical (unpaired) electrons. The summed E-state index contributed by atoms with van der Waals surface area (Å²) in [6.45, 7) is 4.71. The predicted octanol–water partition coefficient (Wildman–Crippen LogP) is 4.87. The number of carbonyl (C=O) groups excluding carboxylic acids is 2. The van der Waals surface area contributed by atoms with Crippen molar-refractivity contribution in [2.45, 2.75) is 45.7 Å². The van der Waals surface area contributed by atoms with Crippen LogP contribution in [0.2, 0.25) is 10.0 Å². The summed E-state index contributed by atoms with van der Waals surface area (Å²) in [7, 11) is 0. The van der Waals surface area contributed by atoms with Crippen LogP contribution in [0.25, 0.3) is 0 Å². The number of halogens is 2. The van der Waals surface area contributed by atoms with Gasteiger partial charge in [-0.3, -0.25) is 9.59 Å². The van der Waals surface area contributed by atoms with E-state index in [1.165, 1.54) is 0 Å². The third-order valence-corrected chi connectivity index (χ3v) is 5.14. The molecule has 1 N–H and O–H groups in total. The summed E-state index contributed by atoms with van der Waals surface area (Å²) in [5.41, 5.74) is 1.61. The average Bonchev–Trinajstić information content (AvgIpc) is 2.67. The Morgan fingerprint density at radius 3 is 2.54 bits per heavy atom. The maximum atomic E-state index is 13.1. The lowest BCUT2D eigenvalue weighted by Crippen LogP contribution is -2.48. The Balaban J connectivity index is 2.20. The molecule has 0 aliphatic rings. The Morgan fingerprint density at radius 1 is 1.11 bits per heavy atom. The van der Waals surface area contributed by atoms with Crippen molar-refractivity contribution < 1.29 is 9.59 Å². The summed E-state index contributed by atoms with van der Waals surface area (Å²) in [5, 5.41) is 4.04. The van der Waals surface area contributed by atoms with Crippen LogP contribution in [0.5, 0.6) is 0 Å². The van der Waals surface area contributed by atoms with E-state index >= 15 is 0 Å². The molecule has 2 amide bonds. The summed E-state index contributed by atoms with van der Waals surface area (Å²) in [6.07, 6.45) is 2.03. The van der Waals surface area contributed by atoms with Crippen molar-refractivity contribution in [3.05, 3.63) is 69.7 Å². The van der Waals surface area contributed by atoms with Gasteiger partial charge in [0, 0.05) is 23.1 Å². The van der Waals surface area contributed by atoms with Crippen molar-refractivity contribution >= 4 is 35.0 Å². The van der Waals surface area contributed by atoms with Crippen molar-refractivity contribution in [1.82, 2.24) is 10.2 Å². The number of unbranched alkanes of at least 4 members (excludes halogenated alkanes) is 1. The molecule has 0 saturated carbocycles. The largest absolute Gasteiger partial charge is 0.354 e. The maximum Gasteiger partial charge on any atom is 0.242 e. The monoisotopic (exact) mass is 420 g/mol. The average molecular weight is 421 g/mol.